The molecule has 2 rings (SSSR count). The molecule has 0 N–H and O–H groups in total. The minimum absolute atomic E-state index is 0.347. The van der Waals surface area contributed by atoms with Crippen molar-refractivity contribution in [3.63, 3.8) is 0 Å². The van der Waals surface area contributed by atoms with Crippen LogP contribution in [-0.2, 0) is 23.8 Å². The number of carbonyl (C=O) groups excluding carboxylic acids is 1. The van der Waals surface area contributed by atoms with Crippen LogP contribution in [0, 0.1) is 0 Å². The number of halogens is 3. The fraction of sp³-hybridized carbons (Fsp3) is 0.300. The number of carbonyl (C=O) groups is 1. The summed E-state index contributed by atoms with van der Waals surface area (Å²) < 4.78 is 71.8. The Morgan fingerprint density at radius 3 is 2.60 bits per heavy atom. The van der Waals surface area contributed by atoms with Gasteiger partial charge in [0, 0.05) is 12.0 Å². The first kappa shape index (κ1) is 14.4. The molecular weight excluding hydrogens is 305 g/mol. The second-order valence-electron chi connectivity index (χ2n) is 3.78. The summed E-state index contributed by atoms with van der Waals surface area (Å²) in [6, 6.07) is 1.43. The number of rotatable bonds is 3. The maximum Gasteiger partial charge on any atom is 0.534 e. The monoisotopic (exact) mass is 312 g/mol. The minimum Gasteiger partial charge on any atom is -0.472 e. The van der Waals surface area contributed by atoms with Crippen LogP contribution in [0.25, 0.3) is 0 Å². The Morgan fingerprint density at radius 1 is 1.35 bits per heavy atom. The standard InChI is InChI=1S/C10H7F3O6S/c11-10(12,13)20(15,16)19-7-3-8(18-9(14)4-7)6-1-2-17-5-6/h1-2,4-5,8H,3H2. The lowest BCUT2D eigenvalue weighted by Gasteiger charge is -2.22. The third kappa shape index (κ3) is 2.95. The normalized spacial score (nSPS) is 20.2. The second-order valence-corrected chi connectivity index (χ2v) is 5.32. The van der Waals surface area contributed by atoms with E-state index in [-0.39, 0.29) is 6.42 Å². The van der Waals surface area contributed by atoms with Gasteiger partial charge < -0.3 is 13.3 Å². The van der Waals surface area contributed by atoms with Gasteiger partial charge in [0.15, 0.2) is 0 Å². The van der Waals surface area contributed by atoms with E-state index in [1.54, 1.807) is 0 Å². The molecule has 20 heavy (non-hydrogen) atoms. The zero-order chi connectivity index (χ0) is 15.0. The lowest BCUT2D eigenvalue weighted by Crippen LogP contribution is -2.27. The van der Waals surface area contributed by atoms with Gasteiger partial charge >= 0.3 is 21.6 Å². The van der Waals surface area contributed by atoms with E-state index in [4.69, 9.17) is 9.15 Å². The Kier molecular flexibility index (Phi) is 3.50. The first-order valence-electron chi connectivity index (χ1n) is 5.13. The highest BCUT2D eigenvalue weighted by Crippen LogP contribution is 2.33. The molecule has 6 nitrogen and oxygen atoms in total. The van der Waals surface area contributed by atoms with Gasteiger partial charge in [-0.15, -0.1) is 0 Å². The summed E-state index contributed by atoms with van der Waals surface area (Å²) in [7, 11) is -5.81. The molecule has 2 heterocycles. The van der Waals surface area contributed by atoms with Crippen LogP contribution in [0.5, 0.6) is 0 Å². The molecule has 0 bridgehead atoms. The molecule has 0 aliphatic carbocycles. The number of cyclic esters (lactones) is 1. The molecule has 110 valence electrons. The maximum atomic E-state index is 12.2. The first-order chi connectivity index (χ1) is 9.19. The van der Waals surface area contributed by atoms with Crippen molar-refractivity contribution in [2.24, 2.45) is 0 Å². The van der Waals surface area contributed by atoms with Crippen LogP contribution in [-0.4, -0.2) is 19.9 Å². The topological polar surface area (TPSA) is 82.8 Å². The SMILES string of the molecule is O=C1C=C(OS(=O)(=O)C(F)(F)F)CC(c2ccoc2)O1. The third-order valence-corrected chi connectivity index (χ3v) is 3.34. The molecule has 1 aromatic rings. The molecule has 1 aromatic heterocycles. The van der Waals surface area contributed by atoms with Crippen molar-refractivity contribution >= 4 is 16.1 Å². The van der Waals surface area contributed by atoms with Crippen molar-refractivity contribution in [2.45, 2.75) is 18.0 Å². The van der Waals surface area contributed by atoms with Crippen LogP contribution in [0.4, 0.5) is 13.2 Å². The van der Waals surface area contributed by atoms with Crippen molar-refractivity contribution in [2.75, 3.05) is 0 Å². The molecule has 0 radical (unpaired) electrons. The smallest absolute Gasteiger partial charge is 0.472 e. The number of ether oxygens (including phenoxy) is 1. The summed E-state index contributed by atoms with van der Waals surface area (Å²) in [5.74, 6) is -1.65. The Labute approximate surface area is 110 Å². The van der Waals surface area contributed by atoms with E-state index in [0.717, 1.165) is 0 Å². The fourth-order valence-electron chi connectivity index (χ4n) is 1.48. The van der Waals surface area contributed by atoms with Crippen molar-refractivity contribution in [3.05, 3.63) is 36.0 Å². The van der Waals surface area contributed by atoms with E-state index >= 15 is 0 Å². The van der Waals surface area contributed by atoms with Gasteiger partial charge in [-0.2, -0.15) is 21.6 Å². The van der Waals surface area contributed by atoms with Crippen molar-refractivity contribution in [3.8, 4) is 0 Å². The number of hydrogen-bond donors (Lipinski definition) is 0. The predicted molar refractivity (Wildman–Crippen MR) is 56.3 cm³/mol. The molecule has 0 amide bonds. The summed E-state index contributed by atoms with van der Waals surface area (Å²) in [6.45, 7) is 0. The van der Waals surface area contributed by atoms with E-state index in [2.05, 4.69) is 4.18 Å². The summed E-state index contributed by atoms with van der Waals surface area (Å²) >= 11 is 0. The number of alkyl halides is 3. The second kappa shape index (κ2) is 4.85. The quantitative estimate of drug-likeness (QED) is 0.482. The van der Waals surface area contributed by atoms with Gasteiger partial charge in [-0.05, 0) is 6.07 Å². The van der Waals surface area contributed by atoms with Crippen LogP contribution in [0.1, 0.15) is 18.1 Å². The number of esters is 1. The number of hydrogen-bond acceptors (Lipinski definition) is 6. The van der Waals surface area contributed by atoms with E-state index in [1.165, 1.54) is 18.6 Å². The van der Waals surface area contributed by atoms with Gasteiger partial charge in [-0.1, -0.05) is 0 Å². The summed E-state index contributed by atoms with van der Waals surface area (Å²) in [5.41, 5.74) is -5.20. The Hall–Kier alpha value is -1.97. The van der Waals surface area contributed by atoms with Gasteiger partial charge in [-0.3, -0.25) is 0 Å². The summed E-state index contributed by atoms with van der Waals surface area (Å²) in [6.07, 6.45) is 1.73. The molecule has 0 saturated carbocycles. The molecule has 1 aliphatic heterocycles. The van der Waals surface area contributed by atoms with Gasteiger partial charge in [0.1, 0.15) is 11.9 Å². The van der Waals surface area contributed by atoms with Gasteiger partial charge in [0.25, 0.3) is 0 Å². The Bertz CT molecular complexity index is 628. The van der Waals surface area contributed by atoms with E-state index in [0.29, 0.717) is 11.6 Å². The Morgan fingerprint density at radius 2 is 2.05 bits per heavy atom. The van der Waals surface area contributed by atoms with E-state index in [1.807, 2.05) is 0 Å². The predicted octanol–water partition coefficient (Wildman–Crippen LogP) is 2.02. The molecule has 0 fully saturated rings. The lowest BCUT2D eigenvalue weighted by atomic mass is 10.1. The van der Waals surface area contributed by atoms with Crippen molar-refractivity contribution in [1.29, 1.82) is 0 Å². The largest absolute Gasteiger partial charge is 0.534 e. The van der Waals surface area contributed by atoms with Gasteiger partial charge in [0.05, 0.1) is 18.6 Å². The minimum atomic E-state index is -5.81. The molecule has 1 unspecified atom stereocenters. The van der Waals surface area contributed by atoms with Crippen LogP contribution >= 0.6 is 0 Å². The molecule has 1 atom stereocenters. The van der Waals surface area contributed by atoms with Crippen molar-refractivity contribution in [1.82, 2.24) is 0 Å². The number of furan rings is 1. The van der Waals surface area contributed by atoms with Crippen LogP contribution in [0.3, 0.4) is 0 Å². The zero-order valence-corrected chi connectivity index (χ0v) is 10.4. The summed E-state index contributed by atoms with van der Waals surface area (Å²) in [4.78, 5) is 11.2. The molecule has 0 saturated heterocycles. The van der Waals surface area contributed by atoms with Gasteiger partial charge in [0.2, 0.25) is 0 Å². The van der Waals surface area contributed by atoms with E-state index in [9.17, 15) is 26.4 Å². The van der Waals surface area contributed by atoms with E-state index < -0.39 is 33.5 Å². The van der Waals surface area contributed by atoms with Crippen LogP contribution in [0.2, 0.25) is 0 Å². The van der Waals surface area contributed by atoms with Gasteiger partial charge in [-0.25, -0.2) is 4.79 Å². The summed E-state index contributed by atoms with van der Waals surface area (Å²) in [5, 5.41) is 0. The highest BCUT2D eigenvalue weighted by molar-refractivity contribution is 7.87. The fourth-order valence-corrected chi connectivity index (χ4v) is 1.97. The molecule has 1 aliphatic rings. The molecule has 10 heteroatoms. The average molecular weight is 312 g/mol. The van der Waals surface area contributed by atoms with Crippen LogP contribution < -0.4 is 0 Å². The molecule has 0 spiro atoms. The maximum absolute atomic E-state index is 12.2. The third-order valence-electron chi connectivity index (χ3n) is 2.34. The molecular formula is C10H7F3O6S. The Balaban J connectivity index is 2.19. The average Bonchev–Trinajstić information content (AvgIpc) is 2.78. The first-order valence-corrected chi connectivity index (χ1v) is 6.54. The zero-order valence-electron chi connectivity index (χ0n) is 9.59. The molecule has 0 aromatic carbocycles. The highest BCUT2D eigenvalue weighted by Gasteiger charge is 2.49. The highest BCUT2D eigenvalue weighted by atomic mass is 32.2. The van der Waals surface area contributed by atoms with Crippen molar-refractivity contribution < 1.29 is 39.7 Å². The lowest BCUT2D eigenvalue weighted by molar-refractivity contribution is -0.145. The van der Waals surface area contributed by atoms with Crippen LogP contribution in [0.15, 0.2) is 34.8 Å².